The molecule has 0 atom stereocenters. The Hall–Kier alpha value is -2.60. The topological polar surface area (TPSA) is 49.4 Å². The van der Waals surface area contributed by atoms with Crippen molar-refractivity contribution in [2.75, 3.05) is 11.9 Å². The van der Waals surface area contributed by atoms with E-state index in [1.165, 1.54) is 19.1 Å². The van der Waals surface area contributed by atoms with Gasteiger partial charge in [-0.3, -0.25) is 14.5 Å². The molecule has 0 saturated heterocycles. The van der Waals surface area contributed by atoms with Crippen LogP contribution in [-0.4, -0.2) is 29.2 Å². The van der Waals surface area contributed by atoms with E-state index in [1.54, 1.807) is 24.3 Å². The lowest BCUT2D eigenvalue weighted by Gasteiger charge is -2.22. The van der Waals surface area contributed by atoms with Gasteiger partial charge in [0.15, 0.2) is 5.78 Å². The molecule has 1 amide bonds. The van der Waals surface area contributed by atoms with Crippen molar-refractivity contribution in [2.45, 2.75) is 32.4 Å². The number of benzene rings is 2. The summed E-state index contributed by atoms with van der Waals surface area (Å²) in [5, 5.41) is 2.77. The Morgan fingerprint density at radius 3 is 2.58 bits per heavy atom. The van der Waals surface area contributed by atoms with E-state index in [2.05, 4.69) is 5.32 Å². The maximum atomic E-state index is 13.9. The molecule has 2 aromatic rings. The van der Waals surface area contributed by atoms with Gasteiger partial charge in [-0.2, -0.15) is 0 Å². The monoisotopic (exact) mass is 358 g/mol. The van der Waals surface area contributed by atoms with E-state index in [9.17, 15) is 18.4 Å². The van der Waals surface area contributed by atoms with Crippen LogP contribution in [0.15, 0.2) is 42.5 Å². The summed E-state index contributed by atoms with van der Waals surface area (Å²) in [4.78, 5) is 25.7. The average Bonchev–Trinajstić information content (AvgIpc) is 3.41. The highest BCUT2D eigenvalue weighted by Gasteiger charge is 2.30. The number of hydrogen-bond acceptors (Lipinski definition) is 3. The van der Waals surface area contributed by atoms with Crippen LogP contribution < -0.4 is 5.32 Å². The lowest BCUT2D eigenvalue weighted by atomic mass is 10.1. The van der Waals surface area contributed by atoms with Crippen molar-refractivity contribution in [2.24, 2.45) is 0 Å². The molecule has 1 fully saturated rings. The third kappa shape index (κ3) is 4.73. The fourth-order valence-corrected chi connectivity index (χ4v) is 2.82. The number of carbonyl (C=O) groups excluding carboxylic acids is 2. The smallest absolute Gasteiger partial charge is 0.238 e. The summed E-state index contributed by atoms with van der Waals surface area (Å²) in [6.07, 6.45) is 1.91. The number of ketones is 1. The van der Waals surface area contributed by atoms with Crippen LogP contribution in [0.25, 0.3) is 0 Å². The summed E-state index contributed by atoms with van der Waals surface area (Å²) in [5.74, 6) is -1.54. The Labute approximate surface area is 150 Å². The van der Waals surface area contributed by atoms with Crippen LogP contribution in [0.3, 0.4) is 0 Å². The van der Waals surface area contributed by atoms with Crippen molar-refractivity contribution in [3.05, 3.63) is 65.2 Å². The Bertz CT molecular complexity index is 834. The fourth-order valence-electron chi connectivity index (χ4n) is 2.82. The zero-order chi connectivity index (χ0) is 18.7. The number of rotatable bonds is 7. The van der Waals surface area contributed by atoms with Crippen molar-refractivity contribution in [3.63, 3.8) is 0 Å². The zero-order valence-corrected chi connectivity index (χ0v) is 14.5. The third-order valence-electron chi connectivity index (χ3n) is 4.35. The van der Waals surface area contributed by atoms with Crippen molar-refractivity contribution in [1.29, 1.82) is 0 Å². The zero-order valence-electron chi connectivity index (χ0n) is 14.5. The van der Waals surface area contributed by atoms with Crippen LogP contribution in [0.5, 0.6) is 0 Å². The molecule has 0 aliphatic heterocycles. The quantitative estimate of drug-likeness (QED) is 0.767. The maximum Gasteiger partial charge on any atom is 0.238 e. The summed E-state index contributed by atoms with van der Waals surface area (Å²) < 4.78 is 27.0. The summed E-state index contributed by atoms with van der Waals surface area (Å²) >= 11 is 0. The molecule has 1 saturated carbocycles. The van der Waals surface area contributed by atoms with Crippen LogP contribution >= 0.6 is 0 Å². The Balaban J connectivity index is 1.65. The van der Waals surface area contributed by atoms with Gasteiger partial charge >= 0.3 is 0 Å². The lowest BCUT2D eigenvalue weighted by molar-refractivity contribution is -0.117. The molecule has 0 radical (unpaired) electrons. The van der Waals surface area contributed by atoms with Crippen LogP contribution in [0, 0.1) is 11.6 Å². The van der Waals surface area contributed by atoms with Crippen LogP contribution in [0.2, 0.25) is 0 Å². The predicted molar refractivity (Wildman–Crippen MR) is 94.9 cm³/mol. The molecular formula is C20H20F2N2O2. The highest BCUT2D eigenvalue weighted by atomic mass is 19.1. The molecule has 0 spiro atoms. The van der Waals surface area contributed by atoms with Gasteiger partial charge in [0, 0.05) is 35.5 Å². The van der Waals surface area contributed by atoms with Gasteiger partial charge in [-0.1, -0.05) is 18.2 Å². The number of halogens is 2. The van der Waals surface area contributed by atoms with E-state index in [0.29, 0.717) is 16.8 Å². The van der Waals surface area contributed by atoms with E-state index in [-0.39, 0.29) is 30.8 Å². The van der Waals surface area contributed by atoms with E-state index < -0.39 is 11.6 Å². The molecule has 0 bridgehead atoms. The predicted octanol–water partition coefficient (Wildman–Crippen LogP) is 3.77. The second-order valence-corrected chi connectivity index (χ2v) is 6.56. The summed E-state index contributed by atoms with van der Waals surface area (Å²) in [6, 6.07) is 10.4. The van der Waals surface area contributed by atoms with E-state index in [4.69, 9.17) is 0 Å². The van der Waals surface area contributed by atoms with Crippen molar-refractivity contribution in [3.8, 4) is 0 Å². The van der Waals surface area contributed by atoms with Gasteiger partial charge in [-0.05, 0) is 38.0 Å². The minimum absolute atomic E-state index is 0.0764. The first-order valence-corrected chi connectivity index (χ1v) is 8.51. The van der Waals surface area contributed by atoms with Crippen LogP contribution in [0.4, 0.5) is 14.5 Å². The highest BCUT2D eigenvalue weighted by Crippen LogP contribution is 2.28. The number of amides is 1. The largest absolute Gasteiger partial charge is 0.325 e. The summed E-state index contributed by atoms with van der Waals surface area (Å²) in [7, 11) is 0. The first kappa shape index (κ1) is 18.2. The first-order valence-electron chi connectivity index (χ1n) is 8.51. The second kappa shape index (κ2) is 7.74. The Morgan fingerprint density at radius 1 is 1.15 bits per heavy atom. The molecule has 4 nitrogen and oxygen atoms in total. The number of nitrogens with zero attached hydrogens (tertiary/aromatic N) is 1. The minimum atomic E-state index is -0.618. The molecule has 6 heteroatoms. The molecular weight excluding hydrogens is 338 g/mol. The van der Waals surface area contributed by atoms with E-state index >= 15 is 0 Å². The van der Waals surface area contributed by atoms with E-state index in [0.717, 1.165) is 18.9 Å². The number of hydrogen-bond donors (Lipinski definition) is 1. The molecule has 0 unspecified atom stereocenters. The van der Waals surface area contributed by atoms with Crippen LogP contribution in [-0.2, 0) is 11.3 Å². The molecule has 1 N–H and O–H groups in total. The minimum Gasteiger partial charge on any atom is -0.325 e. The molecule has 2 aromatic carbocycles. The van der Waals surface area contributed by atoms with Gasteiger partial charge in [-0.25, -0.2) is 8.78 Å². The standard InChI is InChI=1S/C20H20F2N2O2/c1-13(25)14-3-2-4-17(9-14)23-20(26)12-24(18-7-8-18)11-15-5-6-16(21)10-19(15)22/h2-6,9-10,18H,7-8,11-12H2,1H3,(H,23,26). The number of nitrogens with one attached hydrogen (secondary N) is 1. The van der Waals surface area contributed by atoms with Gasteiger partial charge in [0.05, 0.1) is 6.54 Å². The maximum absolute atomic E-state index is 13.9. The van der Waals surface area contributed by atoms with E-state index in [1.807, 2.05) is 4.90 Å². The number of anilines is 1. The lowest BCUT2D eigenvalue weighted by Crippen LogP contribution is -2.34. The Morgan fingerprint density at radius 2 is 1.92 bits per heavy atom. The summed E-state index contributed by atoms with van der Waals surface area (Å²) in [5.41, 5.74) is 1.44. The van der Waals surface area contributed by atoms with Crippen LogP contribution in [0.1, 0.15) is 35.7 Å². The SMILES string of the molecule is CC(=O)c1cccc(NC(=O)CN(Cc2ccc(F)cc2F)C2CC2)c1. The van der Waals surface area contributed by atoms with Gasteiger partial charge in [-0.15, -0.1) is 0 Å². The normalized spacial score (nSPS) is 13.7. The number of Topliss-reactive ketones (excluding diaryl/α,β-unsaturated/α-hetero) is 1. The molecule has 1 aliphatic carbocycles. The summed E-state index contributed by atoms with van der Waals surface area (Å²) in [6.45, 7) is 1.82. The second-order valence-electron chi connectivity index (χ2n) is 6.56. The van der Waals surface area contributed by atoms with Gasteiger partial charge in [0.1, 0.15) is 11.6 Å². The van der Waals surface area contributed by atoms with Crippen molar-refractivity contribution < 1.29 is 18.4 Å². The molecule has 1 aliphatic rings. The molecule has 3 rings (SSSR count). The van der Waals surface area contributed by atoms with Crippen molar-refractivity contribution in [1.82, 2.24) is 4.90 Å². The van der Waals surface area contributed by atoms with Crippen molar-refractivity contribution >= 4 is 17.4 Å². The molecule has 136 valence electrons. The van der Waals surface area contributed by atoms with Gasteiger partial charge in [0.25, 0.3) is 0 Å². The third-order valence-corrected chi connectivity index (χ3v) is 4.35. The Kier molecular flexibility index (Phi) is 5.42. The fraction of sp³-hybridized carbons (Fsp3) is 0.300. The van der Waals surface area contributed by atoms with Gasteiger partial charge < -0.3 is 5.32 Å². The van der Waals surface area contributed by atoms with Gasteiger partial charge in [0.2, 0.25) is 5.91 Å². The molecule has 0 heterocycles. The number of carbonyl (C=O) groups is 2. The molecule has 26 heavy (non-hydrogen) atoms. The molecule has 0 aromatic heterocycles. The first-order chi connectivity index (χ1) is 12.4. The highest BCUT2D eigenvalue weighted by molar-refractivity contribution is 5.97. The average molecular weight is 358 g/mol.